The summed E-state index contributed by atoms with van der Waals surface area (Å²) in [5.41, 5.74) is 1.15. The minimum atomic E-state index is -0.425. The van der Waals surface area contributed by atoms with E-state index in [1.165, 1.54) is 43.2 Å². The molecule has 0 radical (unpaired) electrons. The molecule has 1 atom stereocenters. The van der Waals surface area contributed by atoms with Crippen molar-refractivity contribution in [2.24, 2.45) is 0 Å². The third-order valence-electron chi connectivity index (χ3n) is 5.74. The summed E-state index contributed by atoms with van der Waals surface area (Å²) < 4.78 is 3.08. The van der Waals surface area contributed by atoms with E-state index in [0.29, 0.717) is 17.1 Å². The number of rotatable bonds is 15. The Balaban J connectivity index is 1.94. The largest absolute Gasteiger partial charge is 0.347 e. The molecule has 0 saturated heterocycles. The van der Waals surface area contributed by atoms with Gasteiger partial charge in [0.25, 0.3) is 5.91 Å². The number of hydrogen-bond acceptors (Lipinski definition) is 6. The Morgan fingerprint density at radius 2 is 1.79 bits per heavy atom. The number of unbranched alkanes of at least 4 members (excludes halogenated alkanes) is 4. The number of nitro groups is 1. The van der Waals surface area contributed by atoms with Gasteiger partial charge < -0.3 is 10.2 Å². The van der Waals surface area contributed by atoms with E-state index in [1.807, 2.05) is 6.92 Å². The van der Waals surface area contributed by atoms with Gasteiger partial charge in [-0.1, -0.05) is 39.5 Å². The topological polar surface area (TPSA) is 111 Å². The average molecular weight is 462 g/mol. The van der Waals surface area contributed by atoms with Gasteiger partial charge in [-0.2, -0.15) is 10.2 Å². The first-order valence-corrected chi connectivity index (χ1v) is 12.0. The monoisotopic (exact) mass is 461 g/mol. The van der Waals surface area contributed by atoms with Crippen molar-refractivity contribution in [3.8, 4) is 0 Å². The van der Waals surface area contributed by atoms with Gasteiger partial charge in [0, 0.05) is 18.8 Å². The molecule has 2 aromatic rings. The molecule has 1 amide bonds. The van der Waals surface area contributed by atoms with Crippen molar-refractivity contribution in [2.45, 2.75) is 85.9 Å². The highest BCUT2D eigenvalue weighted by molar-refractivity contribution is 5.92. The lowest BCUT2D eigenvalue weighted by Gasteiger charge is -2.26. The molecule has 0 aliphatic carbocycles. The molecular weight excluding hydrogens is 422 g/mol. The maximum absolute atomic E-state index is 12.7. The summed E-state index contributed by atoms with van der Waals surface area (Å²) in [7, 11) is 0. The van der Waals surface area contributed by atoms with Crippen LogP contribution in [-0.2, 0) is 6.67 Å². The summed E-state index contributed by atoms with van der Waals surface area (Å²) in [6, 6.07) is 1.66. The van der Waals surface area contributed by atoms with Gasteiger partial charge in [-0.05, 0) is 52.8 Å². The molecule has 2 rings (SSSR count). The highest BCUT2D eigenvalue weighted by atomic mass is 16.6. The van der Waals surface area contributed by atoms with Crippen molar-refractivity contribution >= 4 is 11.6 Å². The molecule has 0 saturated carbocycles. The van der Waals surface area contributed by atoms with Crippen LogP contribution in [0.2, 0.25) is 0 Å². The Bertz CT molecular complexity index is 896. The van der Waals surface area contributed by atoms with Crippen LogP contribution in [-0.4, -0.2) is 61.0 Å². The van der Waals surface area contributed by atoms with Gasteiger partial charge in [-0.15, -0.1) is 0 Å². The molecule has 10 nitrogen and oxygen atoms in total. The predicted molar refractivity (Wildman–Crippen MR) is 128 cm³/mol. The zero-order valence-electron chi connectivity index (χ0n) is 20.7. The number of carbonyl (C=O) groups excluding carboxylic acids is 1. The molecule has 0 spiro atoms. The summed E-state index contributed by atoms with van der Waals surface area (Å²) >= 11 is 0. The highest BCUT2D eigenvalue weighted by Gasteiger charge is 2.22. The highest BCUT2D eigenvalue weighted by Crippen LogP contribution is 2.21. The van der Waals surface area contributed by atoms with E-state index < -0.39 is 4.92 Å². The standard InChI is InChI=1S/C23H39N7O3/c1-6-8-10-13-27(14-11-9-7-2)16-18(3)24-23(31)21-12-15-28(26-21)17-29-20(5)22(30(32)33)19(4)25-29/h12,15,18H,6-11,13-14,16-17H2,1-5H3,(H,24,31). The Morgan fingerprint density at radius 3 is 2.33 bits per heavy atom. The van der Waals surface area contributed by atoms with Crippen molar-refractivity contribution in [1.82, 2.24) is 29.8 Å². The Morgan fingerprint density at radius 1 is 1.15 bits per heavy atom. The van der Waals surface area contributed by atoms with Crippen LogP contribution in [0.25, 0.3) is 0 Å². The number of nitrogens with zero attached hydrogens (tertiary/aromatic N) is 6. The molecule has 0 aliphatic heterocycles. The Hall–Kier alpha value is -2.75. The van der Waals surface area contributed by atoms with E-state index in [1.54, 1.807) is 30.8 Å². The molecule has 0 bridgehead atoms. The fraction of sp³-hybridized carbons (Fsp3) is 0.696. The Kier molecular flexibility index (Phi) is 10.5. The van der Waals surface area contributed by atoms with Crippen molar-refractivity contribution in [3.05, 3.63) is 39.5 Å². The van der Waals surface area contributed by atoms with Gasteiger partial charge >= 0.3 is 5.69 Å². The molecule has 0 aliphatic rings. The zero-order chi connectivity index (χ0) is 24.4. The quantitative estimate of drug-likeness (QED) is 0.244. The third kappa shape index (κ3) is 7.96. The Labute approximate surface area is 196 Å². The first-order valence-electron chi connectivity index (χ1n) is 12.0. The van der Waals surface area contributed by atoms with E-state index in [4.69, 9.17) is 0 Å². The first-order chi connectivity index (χ1) is 15.8. The lowest BCUT2D eigenvalue weighted by molar-refractivity contribution is -0.386. The lowest BCUT2D eigenvalue weighted by atomic mass is 10.2. The van der Waals surface area contributed by atoms with Crippen LogP contribution >= 0.6 is 0 Å². The number of aromatic nitrogens is 4. The van der Waals surface area contributed by atoms with E-state index >= 15 is 0 Å². The van der Waals surface area contributed by atoms with Crippen molar-refractivity contribution in [3.63, 3.8) is 0 Å². The van der Waals surface area contributed by atoms with Gasteiger partial charge in [-0.25, -0.2) is 4.68 Å². The van der Waals surface area contributed by atoms with Gasteiger partial charge in [0.1, 0.15) is 23.8 Å². The van der Waals surface area contributed by atoms with Crippen LogP contribution in [0.3, 0.4) is 0 Å². The van der Waals surface area contributed by atoms with Crippen LogP contribution in [0.4, 0.5) is 5.69 Å². The second kappa shape index (κ2) is 13.1. The van der Waals surface area contributed by atoms with E-state index in [9.17, 15) is 14.9 Å². The predicted octanol–water partition coefficient (Wildman–Crippen LogP) is 3.91. The third-order valence-corrected chi connectivity index (χ3v) is 5.74. The van der Waals surface area contributed by atoms with Gasteiger partial charge in [0.05, 0.1) is 4.92 Å². The number of carbonyl (C=O) groups is 1. The summed E-state index contributed by atoms with van der Waals surface area (Å²) in [6.45, 7) is 12.8. The average Bonchev–Trinajstić information content (AvgIpc) is 3.32. The van der Waals surface area contributed by atoms with Crippen molar-refractivity contribution < 1.29 is 9.72 Å². The van der Waals surface area contributed by atoms with E-state index in [2.05, 4.69) is 34.3 Å². The number of aryl methyl sites for hydroxylation is 1. The second-order valence-electron chi connectivity index (χ2n) is 8.75. The fourth-order valence-corrected chi connectivity index (χ4v) is 3.98. The molecule has 2 heterocycles. The summed E-state index contributed by atoms with van der Waals surface area (Å²) in [5, 5.41) is 22.8. The lowest BCUT2D eigenvalue weighted by Crippen LogP contribution is -2.42. The minimum absolute atomic E-state index is 0.00422. The molecule has 10 heteroatoms. The SMILES string of the molecule is CCCCCN(CCCCC)CC(C)NC(=O)c1ccn(Cn2nc(C)c([N+](=O)[O-])c2C)n1. The fourth-order valence-electron chi connectivity index (χ4n) is 3.98. The second-order valence-corrected chi connectivity index (χ2v) is 8.75. The smallest absolute Gasteiger partial charge is 0.312 e. The summed E-state index contributed by atoms with van der Waals surface area (Å²) in [4.78, 5) is 25.9. The van der Waals surface area contributed by atoms with E-state index in [0.717, 1.165) is 19.6 Å². The van der Waals surface area contributed by atoms with Crippen LogP contribution < -0.4 is 5.32 Å². The molecule has 1 N–H and O–H groups in total. The summed E-state index contributed by atoms with van der Waals surface area (Å²) in [6.07, 6.45) is 8.88. The maximum Gasteiger partial charge on any atom is 0.312 e. The summed E-state index contributed by atoms with van der Waals surface area (Å²) in [5.74, 6) is -0.220. The van der Waals surface area contributed by atoms with Gasteiger partial charge in [0.15, 0.2) is 0 Å². The number of nitrogens with one attached hydrogen (secondary N) is 1. The molecule has 0 aromatic carbocycles. The maximum atomic E-state index is 12.7. The normalized spacial score (nSPS) is 12.3. The zero-order valence-corrected chi connectivity index (χ0v) is 20.7. The number of hydrogen-bond donors (Lipinski definition) is 1. The molecule has 184 valence electrons. The van der Waals surface area contributed by atoms with E-state index in [-0.39, 0.29) is 24.3 Å². The van der Waals surface area contributed by atoms with Crippen LogP contribution in [0.15, 0.2) is 12.3 Å². The molecule has 0 fully saturated rings. The van der Waals surface area contributed by atoms with Crippen molar-refractivity contribution in [1.29, 1.82) is 0 Å². The van der Waals surface area contributed by atoms with Crippen LogP contribution in [0.5, 0.6) is 0 Å². The molecule has 1 unspecified atom stereocenters. The minimum Gasteiger partial charge on any atom is -0.347 e. The molecule has 33 heavy (non-hydrogen) atoms. The van der Waals surface area contributed by atoms with Crippen molar-refractivity contribution in [2.75, 3.05) is 19.6 Å². The first kappa shape index (κ1) is 26.5. The van der Waals surface area contributed by atoms with Gasteiger partial charge in [-0.3, -0.25) is 19.6 Å². The molecular formula is C23H39N7O3. The number of amides is 1. The van der Waals surface area contributed by atoms with Crippen LogP contribution in [0.1, 0.15) is 81.2 Å². The molecule has 2 aromatic heterocycles. The van der Waals surface area contributed by atoms with Gasteiger partial charge in [0.2, 0.25) is 0 Å². The van der Waals surface area contributed by atoms with Crippen LogP contribution in [0, 0.1) is 24.0 Å².